The summed E-state index contributed by atoms with van der Waals surface area (Å²) in [5, 5.41) is 11.3. The van der Waals surface area contributed by atoms with Crippen LogP contribution in [0.5, 0.6) is 0 Å². The Balaban J connectivity index is 2.21. The Hall–Kier alpha value is -2.38. The van der Waals surface area contributed by atoms with Gasteiger partial charge in [-0.3, -0.25) is 0 Å². The third kappa shape index (κ3) is 2.80. The molecule has 0 saturated heterocycles. The zero-order chi connectivity index (χ0) is 16.1. The van der Waals surface area contributed by atoms with Crippen molar-refractivity contribution >= 4 is 0 Å². The number of rotatable bonds is 5. The topological polar surface area (TPSA) is 20.2 Å². The molecular formula is C22H22O. The van der Waals surface area contributed by atoms with Crippen molar-refractivity contribution < 1.29 is 5.11 Å². The van der Waals surface area contributed by atoms with Gasteiger partial charge in [-0.25, -0.2) is 0 Å². The number of aliphatic hydroxyl groups is 1. The molecule has 116 valence electrons. The molecule has 0 aliphatic heterocycles. The number of aliphatic hydroxyl groups excluding tert-OH is 1. The first-order chi connectivity index (χ1) is 11.3. The lowest BCUT2D eigenvalue weighted by atomic mass is 9.67. The Morgan fingerprint density at radius 2 is 1.09 bits per heavy atom. The molecule has 0 aliphatic carbocycles. The van der Waals surface area contributed by atoms with Crippen molar-refractivity contribution in [3.63, 3.8) is 0 Å². The second kappa shape index (κ2) is 6.80. The Morgan fingerprint density at radius 3 is 1.48 bits per heavy atom. The molecule has 0 aromatic heterocycles. The quantitative estimate of drug-likeness (QED) is 0.694. The van der Waals surface area contributed by atoms with E-state index in [4.69, 9.17) is 0 Å². The summed E-state index contributed by atoms with van der Waals surface area (Å²) in [7, 11) is 0. The molecule has 0 spiro atoms. The van der Waals surface area contributed by atoms with E-state index in [0.717, 1.165) is 23.1 Å². The minimum atomic E-state index is -0.599. The van der Waals surface area contributed by atoms with E-state index in [1.807, 2.05) is 66.7 Å². The van der Waals surface area contributed by atoms with Crippen LogP contribution >= 0.6 is 0 Å². The van der Waals surface area contributed by atoms with Gasteiger partial charge in [0.2, 0.25) is 0 Å². The first-order valence-electron chi connectivity index (χ1n) is 8.13. The smallest absolute Gasteiger partial charge is 0.0927 e. The van der Waals surface area contributed by atoms with Crippen LogP contribution in [0.3, 0.4) is 0 Å². The summed E-state index contributed by atoms with van der Waals surface area (Å²) in [6, 6.07) is 30.6. The lowest BCUT2D eigenvalue weighted by Crippen LogP contribution is -2.34. The van der Waals surface area contributed by atoms with E-state index in [0.29, 0.717) is 0 Å². The van der Waals surface area contributed by atoms with Crippen LogP contribution in [0.4, 0.5) is 0 Å². The second-order valence-electron chi connectivity index (χ2n) is 5.87. The van der Waals surface area contributed by atoms with Crippen molar-refractivity contribution in [3.05, 3.63) is 108 Å². The monoisotopic (exact) mass is 302 g/mol. The van der Waals surface area contributed by atoms with Gasteiger partial charge in [-0.15, -0.1) is 0 Å². The molecule has 3 aromatic carbocycles. The molecule has 0 radical (unpaired) electrons. The maximum atomic E-state index is 11.3. The molecule has 0 heterocycles. The highest BCUT2D eigenvalue weighted by molar-refractivity contribution is 5.43. The van der Waals surface area contributed by atoms with Gasteiger partial charge < -0.3 is 5.11 Å². The SMILES string of the molecule is CCC(c1ccccc1)(c1ccccc1)C(O)c1ccccc1. The first kappa shape index (κ1) is 15.5. The summed E-state index contributed by atoms with van der Waals surface area (Å²) in [6.45, 7) is 2.14. The van der Waals surface area contributed by atoms with Crippen molar-refractivity contribution in [1.29, 1.82) is 0 Å². The van der Waals surface area contributed by atoms with Crippen molar-refractivity contribution in [2.45, 2.75) is 24.9 Å². The summed E-state index contributed by atoms with van der Waals surface area (Å²) < 4.78 is 0. The standard InChI is InChI=1S/C22H22O/c1-2-22(19-14-8-4-9-15-19,20-16-10-5-11-17-20)21(23)18-12-6-3-7-13-18/h3-17,21,23H,2H2,1H3. The average Bonchev–Trinajstić information content (AvgIpc) is 2.65. The number of hydrogen-bond donors (Lipinski definition) is 1. The summed E-state index contributed by atoms with van der Waals surface area (Å²) in [6.07, 6.45) is 0.218. The molecule has 1 atom stereocenters. The molecule has 0 saturated carbocycles. The van der Waals surface area contributed by atoms with Crippen LogP contribution in [0, 0.1) is 0 Å². The van der Waals surface area contributed by atoms with Gasteiger partial charge in [0.1, 0.15) is 0 Å². The fraction of sp³-hybridized carbons (Fsp3) is 0.182. The van der Waals surface area contributed by atoms with E-state index in [1.165, 1.54) is 0 Å². The van der Waals surface area contributed by atoms with Crippen LogP contribution in [0.1, 0.15) is 36.1 Å². The van der Waals surface area contributed by atoms with Crippen LogP contribution in [-0.2, 0) is 5.41 Å². The van der Waals surface area contributed by atoms with Gasteiger partial charge >= 0.3 is 0 Å². The normalized spacial score (nSPS) is 12.8. The number of benzene rings is 3. The molecule has 1 nitrogen and oxygen atoms in total. The molecule has 1 unspecified atom stereocenters. The van der Waals surface area contributed by atoms with Gasteiger partial charge in [-0.2, -0.15) is 0 Å². The van der Waals surface area contributed by atoms with Crippen LogP contribution in [0.15, 0.2) is 91.0 Å². The first-order valence-corrected chi connectivity index (χ1v) is 8.13. The minimum Gasteiger partial charge on any atom is -0.387 e. The van der Waals surface area contributed by atoms with Gasteiger partial charge in [0.15, 0.2) is 0 Å². The van der Waals surface area contributed by atoms with E-state index in [2.05, 4.69) is 31.2 Å². The van der Waals surface area contributed by atoms with Gasteiger partial charge in [-0.05, 0) is 23.1 Å². The van der Waals surface area contributed by atoms with E-state index in [1.54, 1.807) is 0 Å². The highest BCUT2D eigenvalue weighted by atomic mass is 16.3. The highest BCUT2D eigenvalue weighted by Crippen LogP contribution is 2.45. The highest BCUT2D eigenvalue weighted by Gasteiger charge is 2.40. The molecule has 3 rings (SSSR count). The van der Waals surface area contributed by atoms with Crippen molar-refractivity contribution in [2.24, 2.45) is 0 Å². The summed E-state index contributed by atoms with van der Waals surface area (Å²) in [5.74, 6) is 0. The maximum absolute atomic E-state index is 11.3. The average molecular weight is 302 g/mol. The number of hydrogen-bond acceptors (Lipinski definition) is 1. The second-order valence-corrected chi connectivity index (χ2v) is 5.87. The molecule has 3 aromatic rings. The zero-order valence-electron chi connectivity index (χ0n) is 13.4. The van der Waals surface area contributed by atoms with Crippen LogP contribution in [-0.4, -0.2) is 5.11 Å². The summed E-state index contributed by atoms with van der Waals surface area (Å²) in [4.78, 5) is 0. The molecule has 23 heavy (non-hydrogen) atoms. The molecule has 0 aliphatic rings. The van der Waals surface area contributed by atoms with Crippen molar-refractivity contribution in [3.8, 4) is 0 Å². The zero-order valence-corrected chi connectivity index (χ0v) is 13.4. The van der Waals surface area contributed by atoms with Crippen molar-refractivity contribution in [1.82, 2.24) is 0 Å². The Bertz CT molecular complexity index is 680. The fourth-order valence-corrected chi connectivity index (χ4v) is 3.47. The van der Waals surface area contributed by atoms with Crippen LogP contribution in [0.25, 0.3) is 0 Å². The maximum Gasteiger partial charge on any atom is 0.0927 e. The van der Waals surface area contributed by atoms with Gasteiger partial charge in [-0.1, -0.05) is 97.9 Å². The third-order valence-electron chi connectivity index (χ3n) is 4.72. The minimum absolute atomic E-state index is 0.454. The van der Waals surface area contributed by atoms with E-state index in [-0.39, 0.29) is 0 Å². The van der Waals surface area contributed by atoms with E-state index >= 15 is 0 Å². The molecule has 0 amide bonds. The lowest BCUT2D eigenvalue weighted by Gasteiger charge is -2.39. The molecular weight excluding hydrogens is 280 g/mol. The largest absolute Gasteiger partial charge is 0.387 e. The van der Waals surface area contributed by atoms with Crippen LogP contribution < -0.4 is 0 Å². The van der Waals surface area contributed by atoms with E-state index in [9.17, 15) is 5.11 Å². The predicted octanol–water partition coefficient (Wildman–Crippen LogP) is 5.12. The third-order valence-corrected chi connectivity index (χ3v) is 4.72. The molecule has 0 fully saturated rings. The fourth-order valence-electron chi connectivity index (χ4n) is 3.47. The van der Waals surface area contributed by atoms with Gasteiger partial charge in [0.25, 0.3) is 0 Å². The molecule has 0 bridgehead atoms. The Morgan fingerprint density at radius 1 is 0.696 bits per heavy atom. The lowest BCUT2D eigenvalue weighted by molar-refractivity contribution is 0.0992. The van der Waals surface area contributed by atoms with Crippen LogP contribution in [0.2, 0.25) is 0 Å². The molecule has 1 N–H and O–H groups in total. The Kier molecular flexibility index (Phi) is 4.59. The summed E-state index contributed by atoms with van der Waals surface area (Å²) in [5.41, 5.74) is 2.78. The van der Waals surface area contributed by atoms with E-state index < -0.39 is 11.5 Å². The summed E-state index contributed by atoms with van der Waals surface area (Å²) >= 11 is 0. The van der Waals surface area contributed by atoms with Gasteiger partial charge in [0.05, 0.1) is 11.5 Å². The predicted molar refractivity (Wildman–Crippen MR) is 95.4 cm³/mol. The molecule has 1 heteroatoms. The Labute approximate surface area is 138 Å². The van der Waals surface area contributed by atoms with Crippen molar-refractivity contribution in [2.75, 3.05) is 0 Å². The van der Waals surface area contributed by atoms with Gasteiger partial charge in [0, 0.05) is 0 Å².